The summed E-state index contributed by atoms with van der Waals surface area (Å²) in [6, 6.07) is 6.48. The average Bonchev–Trinajstić information content (AvgIpc) is 4.12. The second-order valence-electron chi connectivity index (χ2n) is 17.2. The van der Waals surface area contributed by atoms with Crippen molar-refractivity contribution in [2.75, 3.05) is 56.1 Å². The first-order valence-corrected chi connectivity index (χ1v) is 21.4. The number of piperazine rings is 1. The summed E-state index contributed by atoms with van der Waals surface area (Å²) < 4.78 is 40.2. The third kappa shape index (κ3) is 7.62. The quantitative estimate of drug-likeness (QED) is 0.164. The molecule has 328 valence electrons. The molecule has 4 saturated heterocycles. The summed E-state index contributed by atoms with van der Waals surface area (Å²) in [5.74, 6) is 5.79. The van der Waals surface area contributed by atoms with Gasteiger partial charge in [-0.3, -0.25) is 43.2 Å². The molecular formula is C43H46F2N12O6. The van der Waals surface area contributed by atoms with Crippen LogP contribution >= 0.6 is 0 Å². The number of nitrogens with one attached hydrogen (secondary N) is 2. The fourth-order valence-corrected chi connectivity index (χ4v) is 9.94. The number of hydrogen-bond acceptors (Lipinski definition) is 11. The van der Waals surface area contributed by atoms with Crippen molar-refractivity contribution in [2.24, 2.45) is 13.0 Å². The van der Waals surface area contributed by atoms with Crippen LogP contribution in [0.3, 0.4) is 0 Å². The largest absolute Gasteiger partial charge is 0.374 e. The van der Waals surface area contributed by atoms with Crippen LogP contribution in [0.5, 0.6) is 0 Å². The van der Waals surface area contributed by atoms with Crippen LogP contribution in [0, 0.1) is 17.8 Å². The summed E-state index contributed by atoms with van der Waals surface area (Å²) in [6.07, 6.45) is 6.29. The Morgan fingerprint density at radius 2 is 1.90 bits per heavy atom. The van der Waals surface area contributed by atoms with Gasteiger partial charge in [0.25, 0.3) is 12.3 Å². The summed E-state index contributed by atoms with van der Waals surface area (Å²) in [6.45, 7) is 3.76. The van der Waals surface area contributed by atoms with Crippen LogP contribution in [0.25, 0.3) is 16.7 Å². The highest BCUT2D eigenvalue weighted by Crippen LogP contribution is 2.36. The number of carbonyl (C=O) groups excluding carboxylic acids is 4. The zero-order valence-electron chi connectivity index (χ0n) is 34.6. The minimum absolute atomic E-state index is 0.0293. The Morgan fingerprint density at radius 1 is 1.06 bits per heavy atom. The smallest absolute Gasteiger partial charge is 0.329 e. The number of alkyl halides is 2. The topological polar surface area (TPSA) is 186 Å². The number of imidazole rings is 1. The van der Waals surface area contributed by atoms with Crippen molar-refractivity contribution in [1.29, 1.82) is 0 Å². The molecule has 4 aromatic heterocycles. The predicted octanol–water partition coefficient (Wildman–Crippen LogP) is 2.65. The minimum Gasteiger partial charge on any atom is -0.374 e. The summed E-state index contributed by atoms with van der Waals surface area (Å²) in [5, 5.41) is 13.5. The number of amides is 4. The Bertz CT molecular complexity index is 2780. The monoisotopic (exact) mass is 864 g/mol. The van der Waals surface area contributed by atoms with E-state index < -0.39 is 30.0 Å². The SMILES string of the molecule is Cn1c(=O)n(C2CCC(=O)NC2=O)c2cccc(C#CCN3CCN(CC4CCC(n5cc(NC(=O)c6cnn7ccc(N8C[C@H]9C[C@@H]8CO9)nc67)c(C(F)F)n5)CC4)CC3=O)c21. The second-order valence-corrected chi connectivity index (χ2v) is 17.2. The van der Waals surface area contributed by atoms with Gasteiger partial charge in [-0.05, 0) is 62.6 Å². The zero-order valence-corrected chi connectivity index (χ0v) is 34.6. The highest BCUT2D eigenvalue weighted by Gasteiger charge is 2.40. The van der Waals surface area contributed by atoms with Crippen LogP contribution in [0.1, 0.15) is 85.1 Å². The molecule has 0 spiro atoms. The molecule has 4 aliphatic heterocycles. The van der Waals surface area contributed by atoms with Crippen molar-refractivity contribution >= 4 is 51.8 Å². The lowest BCUT2D eigenvalue weighted by molar-refractivity contribution is -0.136. The van der Waals surface area contributed by atoms with Gasteiger partial charge in [-0.15, -0.1) is 0 Å². The number of morpholine rings is 1. The molecule has 2 bridgehead atoms. The van der Waals surface area contributed by atoms with E-state index in [2.05, 4.69) is 42.5 Å². The third-order valence-corrected chi connectivity index (χ3v) is 13.2. The van der Waals surface area contributed by atoms with E-state index in [0.29, 0.717) is 66.5 Å². The van der Waals surface area contributed by atoms with E-state index in [4.69, 9.17) is 9.72 Å². The van der Waals surface area contributed by atoms with Crippen molar-refractivity contribution in [3.63, 3.8) is 0 Å². The zero-order chi connectivity index (χ0) is 43.5. The highest BCUT2D eigenvalue weighted by molar-refractivity contribution is 6.08. The van der Waals surface area contributed by atoms with Gasteiger partial charge >= 0.3 is 5.69 Å². The number of para-hydroxylation sites is 1. The number of rotatable bonds is 9. The van der Waals surface area contributed by atoms with Crippen molar-refractivity contribution < 1.29 is 32.7 Å². The third-order valence-electron chi connectivity index (χ3n) is 13.2. The molecule has 1 aliphatic carbocycles. The minimum atomic E-state index is -2.90. The van der Waals surface area contributed by atoms with Gasteiger partial charge in [-0.1, -0.05) is 17.9 Å². The van der Waals surface area contributed by atoms with Gasteiger partial charge in [-0.25, -0.2) is 23.1 Å². The van der Waals surface area contributed by atoms with Gasteiger partial charge in [-0.2, -0.15) is 10.2 Å². The molecule has 8 heterocycles. The van der Waals surface area contributed by atoms with E-state index in [9.17, 15) is 32.8 Å². The molecule has 0 radical (unpaired) electrons. The number of piperidine rings is 1. The molecule has 1 saturated carbocycles. The molecule has 1 aromatic carbocycles. The predicted molar refractivity (Wildman–Crippen MR) is 223 cm³/mol. The summed E-state index contributed by atoms with van der Waals surface area (Å²) in [7, 11) is 1.62. The Hall–Kier alpha value is -6.46. The number of aromatic nitrogens is 7. The molecular weight excluding hydrogens is 819 g/mol. The van der Waals surface area contributed by atoms with Crippen molar-refractivity contribution in [1.82, 2.24) is 48.6 Å². The molecule has 5 aromatic rings. The van der Waals surface area contributed by atoms with Gasteiger partial charge < -0.3 is 19.9 Å². The van der Waals surface area contributed by atoms with Crippen LogP contribution in [0.15, 0.2) is 47.7 Å². The molecule has 4 amide bonds. The van der Waals surface area contributed by atoms with Gasteiger partial charge in [0.2, 0.25) is 17.7 Å². The fourth-order valence-electron chi connectivity index (χ4n) is 9.94. The molecule has 10 rings (SSSR count). The average molecular weight is 865 g/mol. The van der Waals surface area contributed by atoms with Crippen LogP contribution in [-0.2, 0) is 26.2 Å². The molecule has 5 fully saturated rings. The van der Waals surface area contributed by atoms with Crippen molar-refractivity contribution in [3.8, 4) is 11.8 Å². The molecule has 1 unspecified atom stereocenters. The van der Waals surface area contributed by atoms with Crippen LogP contribution in [-0.4, -0.2) is 125 Å². The normalized spacial score (nSPS) is 24.1. The van der Waals surface area contributed by atoms with Gasteiger partial charge in [0.05, 0.1) is 66.4 Å². The number of fused-ring (bicyclic) bond motifs is 4. The highest BCUT2D eigenvalue weighted by atomic mass is 19.3. The van der Waals surface area contributed by atoms with E-state index in [1.54, 1.807) is 41.0 Å². The lowest BCUT2D eigenvalue weighted by atomic mass is 9.85. The van der Waals surface area contributed by atoms with Gasteiger partial charge in [0.15, 0.2) is 11.3 Å². The number of anilines is 2. The van der Waals surface area contributed by atoms with E-state index in [0.717, 1.165) is 32.4 Å². The fraction of sp³-hybridized carbons (Fsp3) is 0.488. The molecule has 18 nitrogen and oxygen atoms in total. The molecule has 20 heteroatoms. The number of benzene rings is 1. The number of carbonyl (C=O) groups is 4. The molecule has 63 heavy (non-hydrogen) atoms. The standard InChI is InChI=1S/C43H46F2N12O6/c1-51-38-26(4-2-6-32(38)57(43(51)62)33-11-12-35(58)49-42(33)61)5-3-14-53-17-16-52(23-36(53)59)20-25-7-9-27(10-8-25)56-22-31(37(50-56)39(44)45)47-41(60)30-19-46-55-15-13-34(48-40(30)55)54-21-29-18-28(54)24-63-29/h2,4,6,13,15,19,22,25,27-29,33,39H,7-12,14,16-18,20-21,23-24H2,1H3,(H,47,60)(H,49,58,61)/t25?,27?,28-,29-,33?/m1/s1. The van der Waals surface area contributed by atoms with Crippen LogP contribution in [0.4, 0.5) is 20.3 Å². The first-order valence-electron chi connectivity index (χ1n) is 21.4. The maximum absolute atomic E-state index is 14.3. The Morgan fingerprint density at radius 3 is 2.65 bits per heavy atom. The Kier molecular flexibility index (Phi) is 10.5. The first-order chi connectivity index (χ1) is 30.5. The van der Waals surface area contributed by atoms with E-state index in [-0.39, 0.29) is 72.9 Å². The van der Waals surface area contributed by atoms with Crippen molar-refractivity contribution in [2.45, 2.75) is 75.6 Å². The van der Waals surface area contributed by atoms with E-state index in [1.165, 1.54) is 26.0 Å². The molecule has 2 N–H and O–H groups in total. The number of nitrogens with zero attached hydrogens (tertiary/aromatic N) is 10. The van der Waals surface area contributed by atoms with E-state index in [1.807, 2.05) is 6.07 Å². The lowest BCUT2D eigenvalue weighted by Crippen LogP contribution is -2.51. The maximum atomic E-state index is 14.3. The number of halogens is 2. The van der Waals surface area contributed by atoms with Gasteiger partial charge in [0, 0.05) is 52.0 Å². The van der Waals surface area contributed by atoms with E-state index >= 15 is 0 Å². The summed E-state index contributed by atoms with van der Waals surface area (Å²) in [4.78, 5) is 75.2. The number of hydrogen-bond donors (Lipinski definition) is 2. The Balaban J connectivity index is 0.731. The van der Waals surface area contributed by atoms with Crippen molar-refractivity contribution in [3.05, 3.63) is 70.2 Å². The summed E-state index contributed by atoms with van der Waals surface area (Å²) in [5.41, 5.74) is 1.30. The second kappa shape index (κ2) is 16.3. The lowest BCUT2D eigenvalue weighted by Gasteiger charge is -2.37. The number of aryl methyl sites for hydroxylation is 1. The molecule has 3 atom stereocenters. The Labute approximate surface area is 359 Å². The van der Waals surface area contributed by atoms with Crippen LogP contribution in [0.2, 0.25) is 0 Å². The maximum Gasteiger partial charge on any atom is 0.329 e. The first kappa shape index (κ1) is 40.6. The summed E-state index contributed by atoms with van der Waals surface area (Å²) >= 11 is 0. The van der Waals surface area contributed by atoms with Gasteiger partial charge in [0.1, 0.15) is 17.4 Å². The number of imide groups is 1. The molecule has 5 aliphatic rings. The number of ether oxygens (including phenoxy) is 1. The van der Waals surface area contributed by atoms with Crippen LogP contribution < -0.4 is 21.2 Å².